The molecule has 0 unspecified atom stereocenters. The van der Waals surface area contributed by atoms with E-state index in [1.165, 1.54) is 23.6 Å². The first kappa shape index (κ1) is 12.6. The van der Waals surface area contributed by atoms with Crippen LogP contribution in [0.5, 0.6) is 0 Å². The molecule has 1 aromatic carbocycles. The van der Waals surface area contributed by atoms with Crippen LogP contribution < -0.4 is 5.32 Å². The number of hydrogen-bond donors (Lipinski definition) is 1. The van der Waals surface area contributed by atoms with Gasteiger partial charge in [0, 0.05) is 11.6 Å². The summed E-state index contributed by atoms with van der Waals surface area (Å²) in [6.45, 7) is 1.67. The largest absolute Gasteiger partial charge is 0.311 e. The fourth-order valence-corrected chi connectivity index (χ4v) is 2.05. The van der Waals surface area contributed by atoms with Crippen molar-refractivity contribution in [1.29, 1.82) is 0 Å². The highest BCUT2D eigenvalue weighted by Gasteiger charge is 2.20. The van der Waals surface area contributed by atoms with Gasteiger partial charge in [-0.2, -0.15) is 0 Å². The van der Waals surface area contributed by atoms with Crippen LogP contribution in [0.1, 0.15) is 18.5 Å². The summed E-state index contributed by atoms with van der Waals surface area (Å²) in [6.07, 6.45) is 4.36. The van der Waals surface area contributed by atoms with Crippen molar-refractivity contribution in [2.45, 2.75) is 19.4 Å². The lowest BCUT2D eigenvalue weighted by Gasteiger charge is -2.02. The van der Waals surface area contributed by atoms with Crippen molar-refractivity contribution in [1.82, 2.24) is 20.3 Å². The lowest BCUT2D eigenvalue weighted by Crippen LogP contribution is -2.16. The van der Waals surface area contributed by atoms with Crippen molar-refractivity contribution in [2.24, 2.45) is 5.92 Å². The highest BCUT2D eigenvalue weighted by Crippen LogP contribution is 2.27. The Kier molecular flexibility index (Phi) is 3.48. The smallest absolute Gasteiger partial charge is 0.150 e. The van der Waals surface area contributed by atoms with Crippen LogP contribution in [0.4, 0.5) is 4.39 Å². The van der Waals surface area contributed by atoms with Gasteiger partial charge in [-0.15, -0.1) is 5.10 Å². The maximum absolute atomic E-state index is 13.7. The van der Waals surface area contributed by atoms with E-state index >= 15 is 0 Å². The topological polar surface area (TPSA) is 42.7 Å². The van der Waals surface area contributed by atoms with E-state index in [2.05, 4.69) is 15.6 Å². The predicted molar refractivity (Wildman–Crippen MR) is 70.8 cm³/mol. The zero-order valence-electron chi connectivity index (χ0n) is 10.3. The van der Waals surface area contributed by atoms with Gasteiger partial charge in [-0.25, -0.2) is 9.07 Å². The molecule has 0 bridgehead atoms. The molecule has 1 heterocycles. The van der Waals surface area contributed by atoms with E-state index in [0.717, 1.165) is 18.2 Å². The minimum absolute atomic E-state index is 0.352. The lowest BCUT2D eigenvalue weighted by atomic mass is 10.3. The van der Waals surface area contributed by atoms with E-state index in [9.17, 15) is 4.39 Å². The van der Waals surface area contributed by atoms with Crippen LogP contribution in [0.2, 0.25) is 5.02 Å². The molecule has 0 aliphatic heterocycles. The third-order valence-corrected chi connectivity index (χ3v) is 3.37. The summed E-state index contributed by atoms with van der Waals surface area (Å²) < 4.78 is 15.2. The number of aromatic nitrogens is 3. The summed E-state index contributed by atoms with van der Waals surface area (Å²) in [4.78, 5) is 0. The molecule has 1 N–H and O–H groups in total. The van der Waals surface area contributed by atoms with E-state index in [1.54, 1.807) is 18.3 Å². The molecule has 0 atom stereocenters. The molecular formula is C13H14ClFN4. The molecular weight excluding hydrogens is 267 g/mol. The van der Waals surface area contributed by atoms with Gasteiger partial charge in [0.15, 0.2) is 0 Å². The highest BCUT2D eigenvalue weighted by atomic mass is 35.5. The Morgan fingerprint density at radius 3 is 3.00 bits per heavy atom. The van der Waals surface area contributed by atoms with Crippen molar-refractivity contribution in [2.75, 3.05) is 6.54 Å². The maximum atomic E-state index is 13.7. The first-order valence-electron chi connectivity index (χ1n) is 6.30. The minimum Gasteiger partial charge on any atom is -0.311 e. The zero-order chi connectivity index (χ0) is 13.2. The molecule has 1 fully saturated rings. The molecule has 4 nitrogen and oxygen atoms in total. The second-order valence-electron chi connectivity index (χ2n) is 4.82. The van der Waals surface area contributed by atoms with Gasteiger partial charge in [0.1, 0.15) is 11.5 Å². The normalized spacial score (nSPS) is 14.8. The van der Waals surface area contributed by atoms with E-state index < -0.39 is 5.82 Å². The molecule has 1 saturated carbocycles. The number of rotatable bonds is 5. The second kappa shape index (κ2) is 5.27. The average molecular weight is 281 g/mol. The monoisotopic (exact) mass is 280 g/mol. The summed E-state index contributed by atoms with van der Waals surface area (Å²) in [5.74, 6) is 0.415. The number of nitrogens with one attached hydrogen (secondary N) is 1. The van der Waals surface area contributed by atoms with Gasteiger partial charge < -0.3 is 5.32 Å². The molecule has 1 aromatic heterocycles. The fraction of sp³-hybridized carbons (Fsp3) is 0.385. The van der Waals surface area contributed by atoms with Gasteiger partial charge in [0.05, 0.1) is 11.9 Å². The molecule has 0 saturated heterocycles. The van der Waals surface area contributed by atoms with Crippen molar-refractivity contribution < 1.29 is 4.39 Å². The summed E-state index contributed by atoms with van der Waals surface area (Å²) in [5, 5.41) is 11.6. The van der Waals surface area contributed by atoms with Gasteiger partial charge >= 0.3 is 0 Å². The van der Waals surface area contributed by atoms with Crippen molar-refractivity contribution in [3.05, 3.63) is 40.9 Å². The Balaban J connectivity index is 1.68. The zero-order valence-corrected chi connectivity index (χ0v) is 11.1. The summed E-state index contributed by atoms with van der Waals surface area (Å²) in [5.41, 5.74) is 1.15. The third kappa shape index (κ3) is 3.11. The fourth-order valence-electron chi connectivity index (χ4n) is 1.89. The molecule has 0 amide bonds. The minimum atomic E-state index is -0.408. The number of benzene rings is 1. The van der Waals surface area contributed by atoms with Crippen molar-refractivity contribution >= 4 is 11.6 Å². The molecule has 2 aromatic rings. The van der Waals surface area contributed by atoms with Gasteiger partial charge in [-0.1, -0.05) is 16.8 Å². The van der Waals surface area contributed by atoms with Crippen LogP contribution in [0.15, 0.2) is 24.4 Å². The molecule has 0 radical (unpaired) electrons. The Bertz CT molecular complexity index is 580. The SMILES string of the molecule is Fc1cc(Cl)ccc1-n1cc(CNCC2CC2)nn1. The molecule has 3 rings (SSSR count). The Morgan fingerprint density at radius 2 is 2.26 bits per heavy atom. The summed E-state index contributed by atoms with van der Waals surface area (Å²) >= 11 is 5.72. The number of hydrogen-bond acceptors (Lipinski definition) is 3. The Hall–Kier alpha value is -1.46. The summed E-state index contributed by atoms with van der Waals surface area (Å²) in [6, 6.07) is 4.49. The molecule has 6 heteroatoms. The van der Waals surface area contributed by atoms with Crippen LogP contribution in [-0.2, 0) is 6.54 Å². The number of halogens is 2. The van der Waals surface area contributed by atoms with Crippen molar-refractivity contribution in [3.8, 4) is 5.69 Å². The van der Waals surface area contributed by atoms with E-state index in [4.69, 9.17) is 11.6 Å². The van der Waals surface area contributed by atoms with Gasteiger partial charge in [-0.3, -0.25) is 0 Å². The first-order chi connectivity index (χ1) is 9.22. The van der Waals surface area contributed by atoms with Crippen LogP contribution in [0.3, 0.4) is 0 Å². The van der Waals surface area contributed by atoms with Crippen LogP contribution in [0.25, 0.3) is 5.69 Å². The first-order valence-corrected chi connectivity index (χ1v) is 6.67. The van der Waals surface area contributed by atoms with E-state index in [1.807, 2.05) is 0 Å². The maximum Gasteiger partial charge on any atom is 0.150 e. The van der Waals surface area contributed by atoms with Gasteiger partial charge in [-0.05, 0) is 43.5 Å². The predicted octanol–water partition coefficient (Wildman–Crippen LogP) is 2.56. The molecule has 0 spiro atoms. The molecule has 1 aliphatic carbocycles. The van der Waals surface area contributed by atoms with E-state index in [0.29, 0.717) is 17.3 Å². The average Bonchev–Trinajstić information content (AvgIpc) is 3.07. The van der Waals surface area contributed by atoms with Crippen LogP contribution >= 0.6 is 11.6 Å². The lowest BCUT2D eigenvalue weighted by molar-refractivity contribution is 0.607. The van der Waals surface area contributed by atoms with Crippen LogP contribution in [0, 0.1) is 11.7 Å². The van der Waals surface area contributed by atoms with Gasteiger partial charge in [0.2, 0.25) is 0 Å². The second-order valence-corrected chi connectivity index (χ2v) is 5.26. The Morgan fingerprint density at radius 1 is 1.42 bits per heavy atom. The quantitative estimate of drug-likeness (QED) is 0.915. The number of nitrogens with zero attached hydrogens (tertiary/aromatic N) is 3. The van der Waals surface area contributed by atoms with E-state index in [-0.39, 0.29) is 0 Å². The standard InChI is InChI=1S/C13H14ClFN4/c14-10-3-4-13(12(15)5-10)19-8-11(17-18-19)7-16-6-9-1-2-9/h3-5,8-9,16H,1-2,6-7H2. The third-order valence-electron chi connectivity index (χ3n) is 3.13. The molecule has 100 valence electrons. The molecule has 19 heavy (non-hydrogen) atoms. The van der Waals surface area contributed by atoms with Crippen molar-refractivity contribution in [3.63, 3.8) is 0 Å². The van der Waals surface area contributed by atoms with Gasteiger partial charge in [0.25, 0.3) is 0 Å². The van der Waals surface area contributed by atoms with Crippen LogP contribution in [-0.4, -0.2) is 21.5 Å². The summed E-state index contributed by atoms with van der Waals surface area (Å²) in [7, 11) is 0. The Labute approximate surface area is 115 Å². The molecule has 1 aliphatic rings. The highest BCUT2D eigenvalue weighted by molar-refractivity contribution is 6.30.